The van der Waals surface area contributed by atoms with E-state index in [-0.39, 0.29) is 24.7 Å². The van der Waals surface area contributed by atoms with Gasteiger partial charge in [0.05, 0.1) is 30.9 Å². The largest absolute Gasteiger partial charge is 0.457 e. The molecule has 1 N–H and O–H groups in total. The van der Waals surface area contributed by atoms with Crippen LogP contribution in [0.15, 0.2) is 21.4 Å². The molecule has 1 aromatic rings. The van der Waals surface area contributed by atoms with Gasteiger partial charge in [0.25, 0.3) is 5.91 Å². The lowest BCUT2D eigenvalue weighted by Gasteiger charge is -2.37. The molecule has 94 valence electrons. The third-order valence-electron chi connectivity index (χ3n) is 2.78. The Kier molecular flexibility index (Phi) is 3.86. The van der Waals surface area contributed by atoms with E-state index < -0.39 is 0 Å². The summed E-state index contributed by atoms with van der Waals surface area (Å²) in [6.07, 6.45) is 1.12. The molecular formula is C11H14BrNO4. The molecule has 2 rings (SSSR count). The van der Waals surface area contributed by atoms with E-state index in [0.29, 0.717) is 23.4 Å². The van der Waals surface area contributed by atoms with E-state index in [4.69, 9.17) is 14.3 Å². The first-order valence-corrected chi connectivity index (χ1v) is 6.18. The molecule has 6 heteroatoms. The first-order valence-electron chi connectivity index (χ1n) is 5.39. The second-order valence-electron chi connectivity index (χ2n) is 4.08. The third kappa shape index (κ3) is 2.70. The smallest absolute Gasteiger partial charge is 0.257 e. The topological polar surface area (TPSA) is 62.9 Å². The molecule has 0 aliphatic carbocycles. The summed E-state index contributed by atoms with van der Waals surface area (Å²) < 4.78 is 11.0. The average molecular weight is 304 g/mol. The summed E-state index contributed by atoms with van der Waals surface area (Å²) in [7, 11) is 0. The molecular weight excluding hydrogens is 290 g/mol. The lowest BCUT2D eigenvalue weighted by molar-refractivity contribution is -0.0667. The minimum absolute atomic E-state index is 0.000949. The van der Waals surface area contributed by atoms with Crippen LogP contribution >= 0.6 is 15.9 Å². The van der Waals surface area contributed by atoms with E-state index in [9.17, 15) is 4.79 Å². The quantitative estimate of drug-likeness (QED) is 0.893. The Hall–Kier alpha value is -0.850. The van der Waals surface area contributed by atoms with Crippen molar-refractivity contribution in [3.05, 3.63) is 22.6 Å². The fourth-order valence-electron chi connectivity index (χ4n) is 1.80. The number of carbonyl (C=O) groups excluding carboxylic acids is 1. The van der Waals surface area contributed by atoms with E-state index in [1.807, 2.05) is 6.92 Å². The maximum absolute atomic E-state index is 12.2. The van der Waals surface area contributed by atoms with Gasteiger partial charge in [-0.05, 0) is 22.9 Å². The number of furan rings is 1. The van der Waals surface area contributed by atoms with Crippen molar-refractivity contribution in [2.24, 2.45) is 0 Å². The summed E-state index contributed by atoms with van der Waals surface area (Å²) in [6, 6.07) is 1.64. The van der Waals surface area contributed by atoms with E-state index >= 15 is 0 Å². The number of amides is 1. The van der Waals surface area contributed by atoms with Gasteiger partial charge in [0.1, 0.15) is 6.26 Å². The van der Waals surface area contributed by atoms with Crippen LogP contribution < -0.4 is 0 Å². The van der Waals surface area contributed by atoms with Crippen LogP contribution in [0.3, 0.4) is 0 Å². The lowest BCUT2D eigenvalue weighted by Crippen LogP contribution is -2.51. The molecule has 1 aliphatic rings. The highest BCUT2D eigenvalue weighted by atomic mass is 79.9. The van der Waals surface area contributed by atoms with Gasteiger partial charge in [-0.25, -0.2) is 0 Å². The standard InChI is InChI=1S/C11H14BrNO4/c1-7-5-16-9(4-14)3-13(7)11(15)8-2-10(12)17-6-8/h2,6-7,9,14H,3-5H2,1H3. The highest BCUT2D eigenvalue weighted by Crippen LogP contribution is 2.19. The van der Waals surface area contributed by atoms with Crippen molar-refractivity contribution in [3.8, 4) is 0 Å². The van der Waals surface area contributed by atoms with Gasteiger partial charge in [-0.1, -0.05) is 0 Å². The maximum Gasteiger partial charge on any atom is 0.257 e. The average Bonchev–Trinajstić information content (AvgIpc) is 2.76. The van der Waals surface area contributed by atoms with Gasteiger partial charge in [-0.3, -0.25) is 4.79 Å². The van der Waals surface area contributed by atoms with Crippen LogP contribution in [0.4, 0.5) is 0 Å². The van der Waals surface area contributed by atoms with Gasteiger partial charge in [-0.2, -0.15) is 0 Å². The second kappa shape index (κ2) is 5.20. The Labute approximate surface area is 107 Å². The summed E-state index contributed by atoms with van der Waals surface area (Å²) in [5.41, 5.74) is 0.502. The summed E-state index contributed by atoms with van der Waals surface area (Å²) in [6.45, 7) is 2.68. The molecule has 5 nitrogen and oxygen atoms in total. The van der Waals surface area contributed by atoms with Crippen LogP contribution in [0, 0.1) is 0 Å². The number of carbonyl (C=O) groups is 1. The summed E-state index contributed by atoms with van der Waals surface area (Å²) >= 11 is 3.16. The van der Waals surface area contributed by atoms with Gasteiger partial charge in [-0.15, -0.1) is 0 Å². The zero-order chi connectivity index (χ0) is 12.4. The number of aliphatic hydroxyl groups is 1. The SMILES string of the molecule is CC1COC(CO)CN1C(=O)c1coc(Br)c1. The molecule has 2 heterocycles. The molecule has 0 radical (unpaired) electrons. The Balaban J connectivity index is 2.12. The Morgan fingerprint density at radius 3 is 3.06 bits per heavy atom. The zero-order valence-corrected chi connectivity index (χ0v) is 11.0. The molecule has 0 bridgehead atoms. The fraction of sp³-hybridized carbons (Fsp3) is 0.545. The number of aliphatic hydroxyl groups excluding tert-OH is 1. The van der Waals surface area contributed by atoms with Gasteiger partial charge in [0.15, 0.2) is 4.67 Å². The third-order valence-corrected chi connectivity index (χ3v) is 3.20. The van der Waals surface area contributed by atoms with Crippen molar-refractivity contribution >= 4 is 21.8 Å². The molecule has 1 fully saturated rings. The minimum atomic E-state index is -0.300. The van der Waals surface area contributed by atoms with Gasteiger partial charge in [0, 0.05) is 12.6 Å². The summed E-state index contributed by atoms with van der Waals surface area (Å²) in [4.78, 5) is 13.9. The van der Waals surface area contributed by atoms with Crippen LogP contribution in [0.25, 0.3) is 0 Å². The van der Waals surface area contributed by atoms with Crippen molar-refractivity contribution < 1.29 is 19.1 Å². The maximum atomic E-state index is 12.2. The number of halogens is 1. The van der Waals surface area contributed by atoms with Crippen molar-refractivity contribution in [3.63, 3.8) is 0 Å². The van der Waals surface area contributed by atoms with Crippen LogP contribution in [0.2, 0.25) is 0 Å². The van der Waals surface area contributed by atoms with Gasteiger partial charge < -0.3 is 19.2 Å². The number of hydrogen-bond donors (Lipinski definition) is 1. The van der Waals surface area contributed by atoms with Crippen LogP contribution in [0.1, 0.15) is 17.3 Å². The van der Waals surface area contributed by atoms with Crippen molar-refractivity contribution in [1.29, 1.82) is 0 Å². The Morgan fingerprint density at radius 1 is 1.71 bits per heavy atom. The van der Waals surface area contributed by atoms with E-state index in [1.54, 1.807) is 11.0 Å². The zero-order valence-electron chi connectivity index (χ0n) is 9.43. The van der Waals surface area contributed by atoms with Crippen LogP contribution in [-0.2, 0) is 4.74 Å². The van der Waals surface area contributed by atoms with E-state index in [2.05, 4.69) is 15.9 Å². The molecule has 1 saturated heterocycles. The van der Waals surface area contributed by atoms with Gasteiger partial charge in [0.2, 0.25) is 0 Å². The Morgan fingerprint density at radius 2 is 2.47 bits per heavy atom. The number of ether oxygens (including phenoxy) is 1. The molecule has 1 aliphatic heterocycles. The van der Waals surface area contributed by atoms with Crippen molar-refractivity contribution in [2.75, 3.05) is 19.8 Å². The first kappa shape index (κ1) is 12.6. The second-order valence-corrected chi connectivity index (χ2v) is 4.87. The number of morpholine rings is 1. The van der Waals surface area contributed by atoms with Gasteiger partial charge >= 0.3 is 0 Å². The highest BCUT2D eigenvalue weighted by Gasteiger charge is 2.30. The summed E-state index contributed by atoms with van der Waals surface area (Å²) in [5.74, 6) is -0.103. The number of rotatable bonds is 2. The predicted molar refractivity (Wildman–Crippen MR) is 63.7 cm³/mol. The molecule has 0 aromatic carbocycles. The fourth-order valence-corrected chi connectivity index (χ4v) is 2.14. The van der Waals surface area contributed by atoms with Crippen molar-refractivity contribution in [1.82, 2.24) is 4.90 Å². The normalized spacial score (nSPS) is 25.0. The Bertz CT molecular complexity index is 406. The first-order chi connectivity index (χ1) is 8.11. The van der Waals surface area contributed by atoms with E-state index in [1.165, 1.54) is 6.26 Å². The minimum Gasteiger partial charge on any atom is -0.457 e. The van der Waals surface area contributed by atoms with Crippen molar-refractivity contribution in [2.45, 2.75) is 19.1 Å². The lowest BCUT2D eigenvalue weighted by atomic mass is 10.1. The number of nitrogens with zero attached hydrogens (tertiary/aromatic N) is 1. The molecule has 2 atom stereocenters. The van der Waals surface area contributed by atoms with E-state index in [0.717, 1.165) is 0 Å². The number of hydrogen-bond acceptors (Lipinski definition) is 4. The monoisotopic (exact) mass is 303 g/mol. The van der Waals surface area contributed by atoms with Crippen LogP contribution in [-0.4, -0.2) is 47.8 Å². The molecule has 0 saturated carbocycles. The molecule has 0 spiro atoms. The molecule has 1 aromatic heterocycles. The van der Waals surface area contributed by atoms with Crippen LogP contribution in [0.5, 0.6) is 0 Å². The summed E-state index contributed by atoms with van der Waals surface area (Å²) in [5, 5.41) is 9.06. The highest BCUT2D eigenvalue weighted by molar-refractivity contribution is 9.10. The molecule has 1 amide bonds. The predicted octanol–water partition coefficient (Wildman–Crippen LogP) is 1.26. The molecule has 2 unspecified atom stereocenters. The molecule has 17 heavy (non-hydrogen) atoms.